The molecule has 0 heterocycles. The van der Waals surface area contributed by atoms with Crippen LogP contribution in [0.1, 0.15) is 25.7 Å². The first-order valence-corrected chi connectivity index (χ1v) is 4.69. The standard InChI is InChI=1S/C9H16N2O4/c1-11-8(13)4-2-3-6(9(14)15)5-7(10)12/h6H,2-5H2,1H3,(H2,10,12)(H,11,13)(H,14,15)/t6-/m0/s1. The van der Waals surface area contributed by atoms with E-state index in [4.69, 9.17) is 10.8 Å². The first-order chi connectivity index (χ1) is 6.97. The van der Waals surface area contributed by atoms with E-state index in [9.17, 15) is 14.4 Å². The summed E-state index contributed by atoms with van der Waals surface area (Å²) in [7, 11) is 1.51. The Morgan fingerprint density at radius 2 is 2.00 bits per heavy atom. The zero-order valence-corrected chi connectivity index (χ0v) is 8.66. The summed E-state index contributed by atoms with van der Waals surface area (Å²) in [5.41, 5.74) is 4.91. The molecule has 0 aromatic rings. The molecule has 0 unspecified atom stereocenters. The predicted octanol–water partition coefficient (Wildman–Crippen LogP) is -0.521. The van der Waals surface area contributed by atoms with Gasteiger partial charge in [-0.05, 0) is 12.8 Å². The van der Waals surface area contributed by atoms with E-state index in [1.165, 1.54) is 7.05 Å². The number of nitrogens with one attached hydrogen (secondary N) is 1. The number of amides is 2. The van der Waals surface area contributed by atoms with Crippen LogP contribution in [-0.4, -0.2) is 29.9 Å². The highest BCUT2D eigenvalue weighted by atomic mass is 16.4. The third-order valence-electron chi connectivity index (χ3n) is 2.03. The molecule has 0 aromatic carbocycles. The minimum Gasteiger partial charge on any atom is -0.481 e. The second kappa shape index (κ2) is 6.80. The second-order valence-electron chi connectivity index (χ2n) is 3.27. The maximum atomic E-state index is 10.8. The van der Waals surface area contributed by atoms with Crippen LogP contribution in [0.4, 0.5) is 0 Å². The molecule has 0 rings (SSSR count). The molecule has 6 nitrogen and oxygen atoms in total. The van der Waals surface area contributed by atoms with E-state index in [0.717, 1.165) is 0 Å². The molecule has 0 fully saturated rings. The monoisotopic (exact) mass is 216 g/mol. The number of carboxylic acid groups (broad SMARTS) is 1. The minimum atomic E-state index is -1.05. The van der Waals surface area contributed by atoms with Crippen molar-refractivity contribution in [2.75, 3.05) is 7.05 Å². The summed E-state index contributed by atoms with van der Waals surface area (Å²) in [5, 5.41) is 11.2. The van der Waals surface area contributed by atoms with E-state index in [-0.39, 0.29) is 25.2 Å². The van der Waals surface area contributed by atoms with Gasteiger partial charge in [0.2, 0.25) is 11.8 Å². The third-order valence-corrected chi connectivity index (χ3v) is 2.03. The molecule has 0 bridgehead atoms. The van der Waals surface area contributed by atoms with Gasteiger partial charge in [0.05, 0.1) is 5.92 Å². The van der Waals surface area contributed by atoms with Gasteiger partial charge < -0.3 is 16.2 Å². The summed E-state index contributed by atoms with van der Waals surface area (Å²) >= 11 is 0. The SMILES string of the molecule is CNC(=O)CCC[C@@H](CC(N)=O)C(=O)O. The summed E-state index contributed by atoms with van der Waals surface area (Å²) < 4.78 is 0. The zero-order chi connectivity index (χ0) is 11.8. The van der Waals surface area contributed by atoms with Gasteiger partial charge in [0.25, 0.3) is 0 Å². The normalized spacial score (nSPS) is 11.8. The van der Waals surface area contributed by atoms with Gasteiger partial charge in [-0.3, -0.25) is 14.4 Å². The maximum absolute atomic E-state index is 10.8. The Hall–Kier alpha value is -1.59. The summed E-state index contributed by atoms with van der Waals surface area (Å²) in [5.74, 6) is -2.61. The largest absolute Gasteiger partial charge is 0.481 e. The van der Waals surface area contributed by atoms with Crippen LogP contribution in [0.25, 0.3) is 0 Å². The average molecular weight is 216 g/mol. The van der Waals surface area contributed by atoms with Gasteiger partial charge >= 0.3 is 5.97 Å². The smallest absolute Gasteiger partial charge is 0.307 e. The molecule has 0 aliphatic rings. The highest BCUT2D eigenvalue weighted by Crippen LogP contribution is 2.12. The van der Waals surface area contributed by atoms with Gasteiger partial charge in [-0.25, -0.2) is 0 Å². The minimum absolute atomic E-state index is 0.141. The highest BCUT2D eigenvalue weighted by molar-refractivity contribution is 5.81. The molecular formula is C9H16N2O4. The van der Waals surface area contributed by atoms with Crippen LogP contribution in [-0.2, 0) is 14.4 Å². The predicted molar refractivity (Wildman–Crippen MR) is 52.9 cm³/mol. The van der Waals surface area contributed by atoms with Crippen LogP contribution < -0.4 is 11.1 Å². The number of nitrogens with two attached hydrogens (primary N) is 1. The van der Waals surface area contributed by atoms with E-state index in [2.05, 4.69) is 5.32 Å². The molecule has 0 aromatic heterocycles. The lowest BCUT2D eigenvalue weighted by Gasteiger charge is -2.09. The van der Waals surface area contributed by atoms with E-state index in [1.54, 1.807) is 0 Å². The number of carbonyl (C=O) groups is 3. The van der Waals surface area contributed by atoms with Gasteiger partial charge in [-0.2, -0.15) is 0 Å². The zero-order valence-electron chi connectivity index (χ0n) is 8.66. The maximum Gasteiger partial charge on any atom is 0.307 e. The molecule has 0 aliphatic heterocycles. The van der Waals surface area contributed by atoms with Crippen LogP contribution in [0, 0.1) is 5.92 Å². The lowest BCUT2D eigenvalue weighted by Crippen LogP contribution is -2.23. The number of hydrogen-bond acceptors (Lipinski definition) is 3. The topological polar surface area (TPSA) is 109 Å². The van der Waals surface area contributed by atoms with Crippen LogP contribution in [0.15, 0.2) is 0 Å². The van der Waals surface area contributed by atoms with E-state index in [0.29, 0.717) is 6.42 Å². The van der Waals surface area contributed by atoms with Crippen molar-refractivity contribution in [3.8, 4) is 0 Å². The molecule has 0 radical (unpaired) electrons. The van der Waals surface area contributed by atoms with Crippen LogP contribution in [0.5, 0.6) is 0 Å². The molecule has 0 aliphatic carbocycles. The molecular weight excluding hydrogens is 200 g/mol. The number of rotatable bonds is 7. The van der Waals surface area contributed by atoms with Gasteiger partial charge in [0, 0.05) is 19.9 Å². The van der Waals surface area contributed by atoms with Crippen molar-refractivity contribution in [1.82, 2.24) is 5.32 Å². The second-order valence-corrected chi connectivity index (χ2v) is 3.27. The Morgan fingerprint density at radius 3 is 2.40 bits per heavy atom. The van der Waals surface area contributed by atoms with Gasteiger partial charge in [-0.1, -0.05) is 0 Å². The van der Waals surface area contributed by atoms with Gasteiger partial charge in [-0.15, -0.1) is 0 Å². The third kappa shape index (κ3) is 6.48. The van der Waals surface area contributed by atoms with Crippen molar-refractivity contribution >= 4 is 17.8 Å². The molecule has 0 spiro atoms. The van der Waals surface area contributed by atoms with Crippen LogP contribution in [0.3, 0.4) is 0 Å². The van der Waals surface area contributed by atoms with Crippen molar-refractivity contribution in [1.29, 1.82) is 0 Å². The fourth-order valence-corrected chi connectivity index (χ4v) is 1.19. The number of primary amides is 1. The van der Waals surface area contributed by atoms with Crippen LogP contribution >= 0.6 is 0 Å². The molecule has 86 valence electrons. The lowest BCUT2D eigenvalue weighted by atomic mass is 9.98. The van der Waals surface area contributed by atoms with Crippen LogP contribution in [0.2, 0.25) is 0 Å². The first-order valence-electron chi connectivity index (χ1n) is 4.69. The van der Waals surface area contributed by atoms with E-state index >= 15 is 0 Å². The van der Waals surface area contributed by atoms with Crippen molar-refractivity contribution in [2.24, 2.45) is 11.7 Å². The molecule has 4 N–H and O–H groups in total. The Balaban J connectivity index is 3.91. The molecule has 2 amide bonds. The molecule has 0 saturated carbocycles. The Bertz CT molecular complexity index is 252. The summed E-state index contributed by atoms with van der Waals surface area (Å²) in [6.07, 6.45) is 0.803. The number of hydrogen-bond donors (Lipinski definition) is 3. The van der Waals surface area contributed by atoms with Crippen molar-refractivity contribution < 1.29 is 19.5 Å². The Morgan fingerprint density at radius 1 is 1.40 bits per heavy atom. The van der Waals surface area contributed by atoms with Crippen molar-refractivity contribution in [3.63, 3.8) is 0 Å². The summed E-state index contributed by atoms with van der Waals surface area (Å²) in [6, 6.07) is 0. The van der Waals surface area contributed by atoms with Crippen molar-refractivity contribution in [2.45, 2.75) is 25.7 Å². The number of carboxylic acids is 1. The molecule has 6 heteroatoms. The fraction of sp³-hybridized carbons (Fsp3) is 0.667. The Labute approximate surface area is 87.8 Å². The quantitative estimate of drug-likeness (QED) is 0.531. The van der Waals surface area contributed by atoms with E-state index < -0.39 is 17.8 Å². The summed E-state index contributed by atoms with van der Waals surface area (Å²) in [6.45, 7) is 0. The number of aliphatic carboxylic acids is 1. The molecule has 15 heavy (non-hydrogen) atoms. The molecule has 0 saturated heterocycles. The lowest BCUT2D eigenvalue weighted by molar-refractivity contribution is -0.144. The van der Waals surface area contributed by atoms with Gasteiger partial charge in [0.15, 0.2) is 0 Å². The Kier molecular flexibility index (Phi) is 6.08. The van der Waals surface area contributed by atoms with E-state index in [1.807, 2.05) is 0 Å². The fourth-order valence-electron chi connectivity index (χ4n) is 1.19. The average Bonchev–Trinajstić information content (AvgIpc) is 2.15. The number of carbonyl (C=O) groups excluding carboxylic acids is 2. The van der Waals surface area contributed by atoms with Crippen molar-refractivity contribution in [3.05, 3.63) is 0 Å². The van der Waals surface area contributed by atoms with Gasteiger partial charge in [0.1, 0.15) is 0 Å². The molecule has 1 atom stereocenters. The first kappa shape index (κ1) is 13.4. The summed E-state index contributed by atoms with van der Waals surface area (Å²) in [4.78, 5) is 32.1. The highest BCUT2D eigenvalue weighted by Gasteiger charge is 2.19.